The van der Waals surface area contributed by atoms with Crippen LogP contribution in [0, 0.1) is 5.82 Å². The third kappa shape index (κ3) is 3.83. The molecular weight excluding hydrogens is 310 g/mol. The van der Waals surface area contributed by atoms with Crippen molar-refractivity contribution in [2.75, 3.05) is 5.43 Å². The largest absolute Gasteiger partial charge is 0.275 e. The van der Waals surface area contributed by atoms with Crippen molar-refractivity contribution in [3.63, 3.8) is 0 Å². The number of hydrogen-bond acceptors (Lipinski definition) is 2. The maximum absolute atomic E-state index is 12.7. The lowest BCUT2D eigenvalue weighted by Gasteiger charge is -2.06. The van der Waals surface area contributed by atoms with Gasteiger partial charge < -0.3 is 0 Å². The van der Waals surface area contributed by atoms with Gasteiger partial charge in [-0.3, -0.25) is 5.43 Å². The van der Waals surface area contributed by atoms with Crippen LogP contribution in [0.4, 0.5) is 10.1 Å². The summed E-state index contributed by atoms with van der Waals surface area (Å²) in [6.07, 6.45) is 1.53. The lowest BCUT2D eigenvalue weighted by molar-refractivity contribution is 0.628. The van der Waals surface area contributed by atoms with Gasteiger partial charge >= 0.3 is 0 Å². The second kappa shape index (κ2) is 6.24. The third-order valence-electron chi connectivity index (χ3n) is 2.27. The fraction of sp³-hybridized carbons (Fsp3) is 0. The molecule has 0 spiro atoms. The molecule has 0 aromatic heterocycles. The van der Waals surface area contributed by atoms with Gasteiger partial charge in [0, 0.05) is 5.02 Å². The van der Waals surface area contributed by atoms with Crippen LogP contribution in [0.5, 0.6) is 0 Å². The van der Waals surface area contributed by atoms with Crippen LogP contribution in [-0.2, 0) is 0 Å². The number of nitrogens with zero attached hydrogens (tertiary/aromatic N) is 1. The zero-order valence-electron chi connectivity index (χ0n) is 9.50. The Morgan fingerprint density at radius 3 is 2.16 bits per heavy atom. The van der Waals surface area contributed by atoms with Crippen molar-refractivity contribution in [3.05, 3.63) is 62.8 Å². The van der Waals surface area contributed by atoms with Crippen LogP contribution in [0.2, 0.25) is 15.1 Å². The van der Waals surface area contributed by atoms with Crippen LogP contribution in [0.3, 0.4) is 0 Å². The first-order chi connectivity index (χ1) is 9.06. The van der Waals surface area contributed by atoms with Gasteiger partial charge in [0.25, 0.3) is 0 Å². The quantitative estimate of drug-likeness (QED) is 0.608. The van der Waals surface area contributed by atoms with Crippen LogP contribution in [0.1, 0.15) is 5.56 Å². The molecule has 2 aromatic carbocycles. The van der Waals surface area contributed by atoms with Gasteiger partial charge in [-0.2, -0.15) is 5.10 Å². The Morgan fingerprint density at radius 1 is 1.00 bits per heavy atom. The van der Waals surface area contributed by atoms with Crippen LogP contribution in [0.25, 0.3) is 0 Å². The van der Waals surface area contributed by atoms with E-state index >= 15 is 0 Å². The van der Waals surface area contributed by atoms with Gasteiger partial charge in [-0.15, -0.1) is 0 Å². The first kappa shape index (κ1) is 14.1. The summed E-state index contributed by atoms with van der Waals surface area (Å²) in [5, 5.41) is 5.17. The molecule has 0 heterocycles. The summed E-state index contributed by atoms with van der Waals surface area (Å²) < 4.78 is 12.7. The molecule has 0 fully saturated rings. The Bertz CT molecular complexity index is 589. The molecule has 19 heavy (non-hydrogen) atoms. The van der Waals surface area contributed by atoms with E-state index in [-0.39, 0.29) is 5.82 Å². The maximum atomic E-state index is 12.7. The molecule has 0 saturated heterocycles. The standard InChI is InChI=1S/C13H8Cl3FN2/c14-9-5-11(15)13(12(16)6-9)19-18-7-8-1-3-10(17)4-2-8/h1-7,19H/b18-7-. The first-order valence-electron chi connectivity index (χ1n) is 5.25. The van der Waals surface area contributed by atoms with Gasteiger partial charge in [-0.25, -0.2) is 4.39 Å². The second-order valence-corrected chi connectivity index (χ2v) is 4.92. The molecule has 98 valence electrons. The molecule has 0 unspecified atom stereocenters. The number of rotatable bonds is 3. The summed E-state index contributed by atoms with van der Waals surface area (Å²) in [6, 6.07) is 9.03. The van der Waals surface area contributed by atoms with Gasteiger partial charge in [0.15, 0.2) is 0 Å². The van der Waals surface area contributed by atoms with Crippen molar-refractivity contribution in [2.45, 2.75) is 0 Å². The van der Waals surface area contributed by atoms with E-state index in [1.807, 2.05) is 0 Å². The molecule has 2 aromatic rings. The van der Waals surface area contributed by atoms with Crippen molar-refractivity contribution in [1.82, 2.24) is 0 Å². The van der Waals surface area contributed by atoms with E-state index in [4.69, 9.17) is 34.8 Å². The fourth-order valence-electron chi connectivity index (χ4n) is 1.37. The Hall–Kier alpha value is -1.29. The highest BCUT2D eigenvalue weighted by atomic mass is 35.5. The van der Waals surface area contributed by atoms with Crippen molar-refractivity contribution in [1.29, 1.82) is 0 Å². The molecule has 0 bridgehead atoms. The molecule has 1 N–H and O–H groups in total. The Kier molecular flexibility index (Phi) is 4.64. The minimum atomic E-state index is -0.297. The van der Waals surface area contributed by atoms with E-state index in [9.17, 15) is 4.39 Å². The highest BCUT2D eigenvalue weighted by molar-refractivity contribution is 6.41. The Balaban J connectivity index is 2.12. The summed E-state index contributed by atoms with van der Waals surface area (Å²) >= 11 is 17.8. The van der Waals surface area contributed by atoms with E-state index in [1.165, 1.54) is 18.3 Å². The average Bonchev–Trinajstić information content (AvgIpc) is 2.34. The lowest BCUT2D eigenvalue weighted by atomic mass is 10.2. The van der Waals surface area contributed by atoms with Crippen LogP contribution >= 0.6 is 34.8 Å². The maximum Gasteiger partial charge on any atom is 0.123 e. The number of hydrazone groups is 1. The van der Waals surface area contributed by atoms with Gasteiger partial charge in [0.05, 0.1) is 21.9 Å². The van der Waals surface area contributed by atoms with E-state index in [0.29, 0.717) is 20.8 Å². The number of anilines is 1. The molecule has 6 heteroatoms. The molecule has 2 nitrogen and oxygen atoms in total. The van der Waals surface area contributed by atoms with E-state index in [1.54, 1.807) is 24.3 Å². The summed E-state index contributed by atoms with van der Waals surface area (Å²) in [7, 11) is 0. The summed E-state index contributed by atoms with van der Waals surface area (Å²) in [6.45, 7) is 0. The molecule has 0 radical (unpaired) electrons. The molecule has 0 aliphatic carbocycles. The van der Waals surface area contributed by atoms with Crippen LogP contribution < -0.4 is 5.43 Å². The molecular formula is C13H8Cl3FN2. The highest BCUT2D eigenvalue weighted by Gasteiger charge is 2.06. The monoisotopic (exact) mass is 316 g/mol. The minimum absolute atomic E-state index is 0.297. The predicted octanol–water partition coefficient (Wildman–Crippen LogP) is 5.23. The Morgan fingerprint density at radius 2 is 1.58 bits per heavy atom. The van der Waals surface area contributed by atoms with E-state index in [0.717, 1.165) is 5.56 Å². The smallest absolute Gasteiger partial charge is 0.123 e. The number of benzene rings is 2. The molecule has 0 aliphatic heterocycles. The third-order valence-corrected chi connectivity index (χ3v) is 3.08. The topological polar surface area (TPSA) is 24.4 Å². The van der Waals surface area contributed by atoms with E-state index < -0.39 is 0 Å². The second-order valence-electron chi connectivity index (χ2n) is 3.67. The lowest BCUT2D eigenvalue weighted by Crippen LogP contribution is -1.93. The van der Waals surface area contributed by atoms with Crippen LogP contribution in [0.15, 0.2) is 41.5 Å². The molecule has 0 atom stereocenters. The fourth-order valence-corrected chi connectivity index (χ4v) is 2.27. The van der Waals surface area contributed by atoms with Gasteiger partial charge in [0.1, 0.15) is 5.82 Å². The minimum Gasteiger partial charge on any atom is -0.275 e. The number of nitrogens with one attached hydrogen (secondary N) is 1. The number of hydrogen-bond donors (Lipinski definition) is 1. The zero-order valence-corrected chi connectivity index (χ0v) is 11.8. The molecule has 0 saturated carbocycles. The van der Waals surface area contributed by atoms with Gasteiger partial charge in [-0.05, 0) is 29.8 Å². The predicted molar refractivity (Wildman–Crippen MR) is 79.1 cm³/mol. The van der Waals surface area contributed by atoms with Gasteiger partial charge in [0.2, 0.25) is 0 Å². The molecule has 0 amide bonds. The Labute approximate surface area is 124 Å². The van der Waals surface area contributed by atoms with Crippen molar-refractivity contribution in [3.8, 4) is 0 Å². The van der Waals surface area contributed by atoms with Crippen molar-refractivity contribution >= 4 is 46.7 Å². The van der Waals surface area contributed by atoms with E-state index in [2.05, 4.69) is 10.5 Å². The first-order valence-corrected chi connectivity index (χ1v) is 6.39. The van der Waals surface area contributed by atoms with Gasteiger partial charge in [-0.1, -0.05) is 46.9 Å². The zero-order chi connectivity index (χ0) is 13.8. The molecule has 0 aliphatic rings. The van der Waals surface area contributed by atoms with Crippen molar-refractivity contribution in [2.24, 2.45) is 5.10 Å². The van der Waals surface area contributed by atoms with Crippen LogP contribution in [-0.4, -0.2) is 6.21 Å². The SMILES string of the molecule is Fc1ccc(/C=N\Nc2c(Cl)cc(Cl)cc2Cl)cc1. The van der Waals surface area contributed by atoms with Crippen molar-refractivity contribution < 1.29 is 4.39 Å². The summed E-state index contributed by atoms with van der Waals surface area (Å²) in [5.74, 6) is -0.297. The highest BCUT2D eigenvalue weighted by Crippen LogP contribution is 2.33. The average molecular weight is 318 g/mol. The normalized spacial score (nSPS) is 10.9. The summed E-state index contributed by atoms with van der Waals surface area (Å²) in [4.78, 5) is 0. The molecule has 2 rings (SSSR count). The summed E-state index contributed by atoms with van der Waals surface area (Å²) in [5.41, 5.74) is 3.93. The number of halogens is 4.